The quantitative estimate of drug-likeness (QED) is 0.930. The Morgan fingerprint density at radius 1 is 1.32 bits per heavy atom. The third-order valence-electron chi connectivity index (χ3n) is 5.03. The van der Waals surface area contributed by atoms with Gasteiger partial charge in [-0.05, 0) is 30.2 Å². The van der Waals surface area contributed by atoms with Gasteiger partial charge in [-0.15, -0.1) is 11.3 Å². The topological polar surface area (TPSA) is 46.9 Å². The van der Waals surface area contributed by atoms with Crippen molar-refractivity contribution in [3.05, 3.63) is 34.2 Å². The molecule has 5 heteroatoms. The molecular weight excluding hydrogens is 294 g/mol. The summed E-state index contributed by atoms with van der Waals surface area (Å²) in [4.78, 5) is 13.4. The molecule has 22 heavy (non-hydrogen) atoms. The number of nitrogens with zero attached hydrogens (tertiary/aromatic N) is 2. The van der Waals surface area contributed by atoms with Crippen LogP contribution >= 0.6 is 11.3 Å². The van der Waals surface area contributed by atoms with Crippen LogP contribution in [0.2, 0.25) is 0 Å². The highest BCUT2D eigenvalue weighted by Crippen LogP contribution is 2.43. The average Bonchev–Trinajstić information content (AvgIpc) is 3.18. The molecule has 4 nitrogen and oxygen atoms in total. The zero-order valence-corrected chi connectivity index (χ0v) is 13.4. The van der Waals surface area contributed by atoms with Crippen LogP contribution in [0.1, 0.15) is 54.9 Å². The molecule has 3 heterocycles. The average molecular weight is 315 g/mol. The van der Waals surface area contributed by atoms with Crippen molar-refractivity contribution in [2.75, 3.05) is 5.32 Å². The number of fused-ring (bicyclic) bond motifs is 1. The fourth-order valence-electron chi connectivity index (χ4n) is 3.93. The molecule has 1 amide bonds. The van der Waals surface area contributed by atoms with Crippen molar-refractivity contribution < 1.29 is 4.79 Å². The molecule has 1 atom stereocenters. The zero-order chi connectivity index (χ0) is 14.9. The largest absolute Gasteiger partial charge is 0.311 e. The minimum absolute atomic E-state index is 0.149. The molecule has 0 radical (unpaired) electrons. The van der Waals surface area contributed by atoms with Gasteiger partial charge in [0, 0.05) is 22.8 Å². The molecule has 0 aromatic carbocycles. The van der Waals surface area contributed by atoms with Gasteiger partial charge in [-0.1, -0.05) is 25.3 Å². The SMILES string of the molecule is O=C1CC(C2CCCCC2)c2cnn(Cc3cccs3)c2N1. The van der Waals surface area contributed by atoms with Gasteiger partial charge in [-0.2, -0.15) is 5.10 Å². The predicted molar refractivity (Wildman–Crippen MR) is 88.2 cm³/mol. The Morgan fingerprint density at radius 3 is 2.95 bits per heavy atom. The van der Waals surface area contributed by atoms with Crippen LogP contribution < -0.4 is 5.32 Å². The molecule has 2 aromatic rings. The van der Waals surface area contributed by atoms with Gasteiger partial charge in [-0.3, -0.25) is 4.79 Å². The van der Waals surface area contributed by atoms with Crippen LogP contribution in [0.5, 0.6) is 0 Å². The van der Waals surface area contributed by atoms with Crippen LogP contribution in [0.15, 0.2) is 23.7 Å². The maximum absolute atomic E-state index is 12.2. The van der Waals surface area contributed by atoms with E-state index in [1.807, 2.05) is 10.9 Å². The molecular formula is C17H21N3OS. The first-order chi connectivity index (χ1) is 10.8. The van der Waals surface area contributed by atoms with Crippen molar-refractivity contribution in [2.24, 2.45) is 5.92 Å². The van der Waals surface area contributed by atoms with Gasteiger partial charge >= 0.3 is 0 Å². The van der Waals surface area contributed by atoms with E-state index < -0.39 is 0 Å². The van der Waals surface area contributed by atoms with E-state index in [9.17, 15) is 4.79 Å². The molecule has 0 spiro atoms. The lowest BCUT2D eigenvalue weighted by molar-refractivity contribution is -0.117. The second kappa shape index (κ2) is 5.88. The summed E-state index contributed by atoms with van der Waals surface area (Å²) in [6.07, 6.45) is 9.09. The van der Waals surface area contributed by atoms with Crippen molar-refractivity contribution >= 4 is 23.1 Å². The Bertz CT molecular complexity index is 656. The van der Waals surface area contributed by atoms with E-state index in [0.29, 0.717) is 18.3 Å². The normalized spacial score (nSPS) is 22.4. The van der Waals surface area contributed by atoms with E-state index in [4.69, 9.17) is 0 Å². The second-order valence-electron chi connectivity index (χ2n) is 6.44. The van der Waals surface area contributed by atoms with Crippen molar-refractivity contribution in [3.8, 4) is 0 Å². The second-order valence-corrected chi connectivity index (χ2v) is 7.47. The Labute approximate surface area is 134 Å². The number of carbonyl (C=O) groups excluding carboxylic acids is 1. The fourth-order valence-corrected chi connectivity index (χ4v) is 4.61. The van der Waals surface area contributed by atoms with Gasteiger partial charge in [0.15, 0.2) is 0 Å². The first-order valence-corrected chi connectivity index (χ1v) is 9.07. The van der Waals surface area contributed by atoms with Crippen molar-refractivity contribution in [1.82, 2.24) is 9.78 Å². The molecule has 1 unspecified atom stereocenters. The van der Waals surface area contributed by atoms with E-state index in [1.165, 1.54) is 42.5 Å². The summed E-state index contributed by atoms with van der Waals surface area (Å²) in [6.45, 7) is 0.741. The summed E-state index contributed by atoms with van der Waals surface area (Å²) in [5, 5.41) is 9.70. The molecule has 116 valence electrons. The van der Waals surface area contributed by atoms with Gasteiger partial charge in [0.2, 0.25) is 5.91 Å². The van der Waals surface area contributed by atoms with Crippen molar-refractivity contribution in [3.63, 3.8) is 0 Å². The molecule has 2 aliphatic rings. The van der Waals surface area contributed by atoms with E-state index >= 15 is 0 Å². The lowest BCUT2D eigenvalue weighted by atomic mass is 9.75. The van der Waals surface area contributed by atoms with E-state index in [0.717, 1.165) is 12.4 Å². The number of anilines is 1. The summed E-state index contributed by atoms with van der Waals surface area (Å²) in [5.74, 6) is 2.09. The van der Waals surface area contributed by atoms with Crippen LogP contribution in [0.25, 0.3) is 0 Å². The molecule has 1 N–H and O–H groups in total. The van der Waals surface area contributed by atoms with Gasteiger partial charge < -0.3 is 5.32 Å². The standard InChI is InChI=1S/C17H21N3OS/c21-16-9-14(12-5-2-1-3-6-12)15-10-18-20(17(15)19-16)11-13-7-4-8-22-13/h4,7-8,10,12,14H,1-3,5-6,9,11H2,(H,19,21). The summed E-state index contributed by atoms with van der Waals surface area (Å²) in [7, 11) is 0. The fraction of sp³-hybridized carbons (Fsp3) is 0.529. The van der Waals surface area contributed by atoms with Crippen LogP contribution in [0.4, 0.5) is 5.82 Å². The molecule has 4 rings (SSSR count). The van der Waals surface area contributed by atoms with Gasteiger partial charge in [-0.25, -0.2) is 4.68 Å². The van der Waals surface area contributed by atoms with E-state index in [1.54, 1.807) is 11.3 Å². The molecule has 0 saturated heterocycles. The lowest BCUT2D eigenvalue weighted by Crippen LogP contribution is -2.29. The molecule has 1 aliphatic heterocycles. The Hall–Kier alpha value is -1.62. The van der Waals surface area contributed by atoms with Crippen LogP contribution in [-0.4, -0.2) is 15.7 Å². The number of aromatic nitrogens is 2. The summed E-state index contributed by atoms with van der Waals surface area (Å²) < 4.78 is 1.95. The number of hydrogen-bond donors (Lipinski definition) is 1. The minimum atomic E-state index is 0.149. The van der Waals surface area contributed by atoms with Crippen molar-refractivity contribution in [2.45, 2.75) is 51.0 Å². The van der Waals surface area contributed by atoms with E-state index in [2.05, 4.69) is 27.9 Å². The Kier molecular flexibility index (Phi) is 3.74. The monoisotopic (exact) mass is 315 g/mol. The zero-order valence-electron chi connectivity index (χ0n) is 12.6. The molecule has 0 bridgehead atoms. The maximum atomic E-state index is 12.2. The Balaban J connectivity index is 1.63. The smallest absolute Gasteiger partial charge is 0.226 e. The van der Waals surface area contributed by atoms with Crippen molar-refractivity contribution in [1.29, 1.82) is 0 Å². The first kappa shape index (κ1) is 14.0. The molecule has 1 saturated carbocycles. The number of amides is 1. The third kappa shape index (κ3) is 2.58. The maximum Gasteiger partial charge on any atom is 0.226 e. The minimum Gasteiger partial charge on any atom is -0.311 e. The highest BCUT2D eigenvalue weighted by molar-refractivity contribution is 7.09. The number of carbonyl (C=O) groups is 1. The third-order valence-corrected chi connectivity index (χ3v) is 5.90. The van der Waals surface area contributed by atoms with E-state index in [-0.39, 0.29) is 5.91 Å². The predicted octanol–water partition coefficient (Wildman–Crippen LogP) is 4.00. The van der Waals surface area contributed by atoms with Gasteiger partial charge in [0.1, 0.15) is 5.82 Å². The van der Waals surface area contributed by atoms with Crippen LogP contribution in [0, 0.1) is 5.92 Å². The number of rotatable bonds is 3. The highest BCUT2D eigenvalue weighted by Gasteiger charge is 2.34. The van der Waals surface area contributed by atoms with Crippen LogP contribution in [-0.2, 0) is 11.3 Å². The number of thiophene rings is 1. The lowest BCUT2D eigenvalue weighted by Gasteiger charge is -2.32. The Morgan fingerprint density at radius 2 is 2.18 bits per heavy atom. The number of nitrogens with one attached hydrogen (secondary N) is 1. The first-order valence-electron chi connectivity index (χ1n) is 8.19. The molecule has 2 aromatic heterocycles. The summed E-state index contributed by atoms with van der Waals surface area (Å²) in [6, 6.07) is 4.17. The summed E-state index contributed by atoms with van der Waals surface area (Å²) in [5.41, 5.74) is 1.25. The van der Waals surface area contributed by atoms with Crippen LogP contribution in [0.3, 0.4) is 0 Å². The number of hydrogen-bond acceptors (Lipinski definition) is 3. The molecule has 1 fully saturated rings. The molecule has 1 aliphatic carbocycles. The van der Waals surface area contributed by atoms with Gasteiger partial charge in [0.05, 0.1) is 12.7 Å². The van der Waals surface area contributed by atoms with Gasteiger partial charge in [0.25, 0.3) is 0 Å². The highest BCUT2D eigenvalue weighted by atomic mass is 32.1. The summed E-state index contributed by atoms with van der Waals surface area (Å²) >= 11 is 1.73.